The van der Waals surface area contributed by atoms with E-state index in [1.165, 1.54) is 0 Å². The first-order chi connectivity index (χ1) is 8.78. The highest BCUT2D eigenvalue weighted by atomic mass is 16.3. The fourth-order valence-electron chi connectivity index (χ4n) is 1.96. The molecule has 0 unspecified atom stereocenters. The number of fused-ring (bicyclic) bond motifs is 1. The molecule has 0 radical (unpaired) electrons. The largest absolute Gasteiger partial charge is 0.493 e. The van der Waals surface area contributed by atoms with Crippen LogP contribution in [0.3, 0.4) is 0 Å². The van der Waals surface area contributed by atoms with Crippen LogP contribution in [0.15, 0.2) is 18.2 Å². The summed E-state index contributed by atoms with van der Waals surface area (Å²) in [4.78, 5) is 8.62. The molecular formula is C13H15N3O2. The maximum absolute atomic E-state index is 9.95. The lowest BCUT2D eigenvalue weighted by Gasteiger charge is -2.07. The Hall–Kier alpha value is -1.88. The topological polar surface area (TPSA) is 78.3 Å². The minimum atomic E-state index is 0.0366. The lowest BCUT2D eigenvalue weighted by Crippen LogP contribution is -2.05. The van der Waals surface area contributed by atoms with Crippen LogP contribution in [0.5, 0.6) is 5.88 Å². The Morgan fingerprint density at radius 2 is 2.11 bits per heavy atom. The summed E-state index contributed by atoms with van der Waals surface area (Å²) in [6.07, 6.45) is 2.22. The van der Waals surface area contributed by atoms with Crippen molar-refractivity contribution in [1.29, 1.82) is 0 Å². The third-order valence-corrected chi connectivity index (χ3v) is 3.08. The molecule has 1 heterocycles. The first kappa shape index (κ1) is 11.2. The molecule has 5 heteroatoms. The number of hydrogen-bond acceptors (Lipinski definition) is 5. The van der Waals surface area contributed by atoms with E-state index in [1.807, 2.05) is 12.1 Å². The molecule has 0 saturated heterocycles. The summed E-state index contributed by atoms with van der Waals surface area (Å²) in [5.74, 6) is 1.21. The Morgan fingerprint density at radius 3 is 2.83 bits per heavy atom. The molecule has 3 rings (SSSR count). The quantitative estimate of drug-likeness (QED) is 0.762. The molecule has 0 bridgehead atoms. The molecule has 1 saturated carbocycles. The molecule has 0 amide bonds. The van der Waals surface area contributed by atoms with Crippen LogP contribution in [-0.2, 0) is 0 Å². The number of aliphatic hydroxyl groups excluding tert-OH is 1. The van der Waals surface area contributed by atoms with Gasteiger partial charge < -0.3 is 15.5 Å². The van der Waals surface area contributed by atoms with E-state index in [-0.39, 0.29) is 12.5 Å². The van der Waals surface area contributed by atoms with Gasteiger partial charge in [0.1, 0.15) is 5.82 Å². The number of aliphatic hydroxyl groups is 1. The molecule has 1 aromatic heterocycles. The number of benzene rings is 1. The Labute approximate surface area is 105 Å². The van der Waals surface area contributed by atoms with Gasteiger partial charge in [-0.3, -0.25) is 0 Å². The first-order valence-corrected chi connectivity index (χ1v) is 6.13. The van der Waals surface area contributed by atoms with Crippen molar-refractivity contribution in [1.82, 2.24) is 9.97 Å². The van der Waals surface area contributed by atoms with Crippen molar-refractivity contribution in [3.05, 3.63) is 24.0 Å². The van der Waals surface area contributed by atoms with Gasteiger partial charge in [-0.2, -0.15) is 4.98 Å². The number of anilines is 1. The van der Waals surface area contributed by atoms with E-state index in [0.717, 1.165) is 29.9 Å². The van der Waals surface area contributed by atoms with Gasteiger partial charge in [-0.05, 0) is 31.0 Å². The first-order valence-electron chi connectivity index (χ1n) is 6.13. The summed E-state index contributed by atoms with van der Waals surface area (Å²) >= 11 is 0. The van der Waals surface area contributed by atoms with E-state index in [0.29, 0.717) is 17.8 Å². The molecule has 2 aromatic rings. The normalized spacial score (nSPS) is 14.9. The van der Waals surface area contributed by atoms with Gasteiger partial charge in [-0.25, -0.2) is 4.98 Å². The van der Waals surface area contributed by atoms with Crippen LogP contribution in [0.25, 0.3) is 10.9 Å². The molecule has 0 spiro atoms. The van der Waals surface area contributed by atoms with Crippen LogP contribution < -0.4 is 5.32 Å². The van der Waals surface area contributed by atoms with Gasteiger partial charge in [0.15, 0.2) is 0 Å². The highest BCUT2D eigenvalue weighted by Crippen LogP contribution is 2.39. The maximum atomic E-state index is 9.95. The van der Waals surface area contributed by atoms with Crippen molar-refractivity contribution >= 4 is 16.6 Å². The lowest BCUT2D eigenvalue weighted by atomic mass is 10.2. The molecule has 1 aliphatic carbocycles. The van der Waals surface area contributed by atoms with Gasteiger partial charge in [0.25, 0.3) is 0 Å². The lowest BCUT2D eigenvalue weighted by molar-refractivity contribution is 0.311. The van der Waals surface area contributed by atoms with E-state index >= 15 is 0 Å². The Balaban J connectivity index is 2.00. The predicted octanol–water partition coefficient (Wildman–Crippen LogP) is 1.62. The highest BCUT2D eigenvalue weighted by molar-refractivity contribution is 5.86. The predicted molar refractivity (Wildman–Crippen MR) is 68.8 cm³/mol. The highest BCUT2D eigenvalue weighted by Gasteiger charge is 2.27. The van der Waals surface area contributed by atoms with Crippen LogP contribution >= 0.6 is 0 Å². The molecule has 1 fully saturated rings. The molecule has 3 N–H and O–H groups in total. The minimum absolute atomic E-state index is 0.0366. The molecular weight excluding hydrogens is 230 g/mol. The van der Waals surface area contributed by atoms with Crippen LogP contribution in [0, 0.1) is 0 Å². The summed E-state index contributed by atoms with van der Waals surface area (Å²) in [6, 6.07) is 5.56. The van der Waals surface area contributed by atoms with Crippen molar-refractivity contribution in [2.75, 3.05) is 18.5 Å². The number of aromatic hydroxyl groups is 1. The zero-order valence-corrected chi connectivity index (χ0v) is 9.93. The summed E-state index contributed by atoms with van der Waals surface area (Å²) in [5.41, 5.74) is 1.61. The molecule has 0 atom stereocenters. The Kier molecular flexibility index (Phi) is 2.76. The van der Waals surface area contributed by atoms with Crippen molar-refractivity contribution < 1.29 is 10.2 Å². The van der Waals surface area contributed by atoms with Gasteiger partial charge in [-0.15, -0.1) is 0 Å². The Bertz CT molecular complexity index is 582. The smallest absolute Gasteiger partial charge is 0.222 e. The monoisotopic (exact) mass is 245 g/mol. The van der Waals surface area contributed by atoms with E-state index in [4.69, 9.17) is 5.11 Å². The summed E-state index contributed by atoms with van der Waals surface area (Å²) in [5, 5.41) is 22.4. The summed E-state index contributed by atoms with van der Waals surface area (Å²) < 4.78 is 0. The van der Waals surface area contributed by atoms with Crippen molar-refractivity contribution in [3.8, 4) is 5.88 Å². The second-order valence-corrected chi connectivity index (χ2v) is 4.56. The van der Waals surface area contributed by atoms with E-state index < -0.39 is 0 Å². The number of hydrogen-bond donors (Lipinski definition) is 3. The SMILES string of the molecule is OCCNc1ccc2nc(C3CC3)nc(O)c2c1. The molecule has 18 heavy (non-hydrogen) atoms. The zero-order chi connectivity index (χ0) is 12.5. The third kappa shape index (κ3) is 2.09. The molecule has 5 nitrogen and oxygen atoms in total. The number of nitrogens with zero attached hydrogens (tertiary/aromatic N) is 2. The molecule has 0 aliphatic heterocycles. The number of aromatic nitrogens is 2. The van der Waals surface area contributed by atoms with Crippen LogP contribution in [0.1, 0.15) is 24.6 Å². The number of rotatable bonds is 4. The van der Waals surface area contributed by atoms with Gasteiger partial charge >= 0.3 is 0 Å². The van der Waals surface area contributed by atoms with Crippen molar-refractivity contribution in [2.24, 2.45) is 0 Å². The second kappa shape index (κ2) is 4.42. The molecule has 94 valence electrons. The fourth-order valence-corrected chi connectivity index (χ4v) is 1.96. The summed E-state index contributed by atoms with van der Waals surface area (Å²) in [6.45, 7) is 0.550. The van der Waals surface area contributed by atoms with Gasteiger partial charge in [0, 0.05) is 18.2 Å². The minimum Gasteiger partial charge on any atom is -0.493 e. The third-order valence-electron chi connectivity index (χ3n) is 3.08. The Morgan fingerprint density at radius 1 is 1.28 bits per heavy atom. The van der Waals surface area contributed by atoms with Crippen LogP contribution in [-0.4, -0.2) is 33.3 Å². The zero-order valence-electron chi connectivity index (χ0n) is 9.93. The van der Waals surface area contributed by atoms with E-state index in [1.54, 1.807) is 6.07 Å². The van der Waals surface area contributed by atoms with Crippen LogP contribution in [0.2, 0.25) is 0 Å². The summed E-state index contributed by atoms with van der Waals surface area (Å²) in [7, 11) is 0. The van der Waals surface area contributed by atoms with Gasteiger partial charge in [0.2, 0.25) is 5.88 Å². The van der Waals surface area contributed by atoms with E-state index in [9.17, 15) is 5.11 Å². The average molecular weight is 245 g/mol. The van der Waals surface area contributed by atoms with Gasteiger partial charge in [0.05, 0.1) is 17.5 Å². The van der Waals surface area contributed by atoms with Crippen LogP contribution in [0.4, 0.5) is 5.69 Å². The fraction of sp³-hybridized carbons (Fsp3) is 0.385. The van der Waals surface area contributed by atoms with Crippen molar-refractivity contribution in [2.45, 2.75) is 18.8 Å². The number of nitrogens with one attached hydrogen (secondary N) is 1. The average Bonchev–Trinajstić information content (AvgIpc) is 3.20. The molecule has 1 aromatic carbocycles. The standard InChI is InChI=1S/C13H15N3O2/c17-6-5-14-9-3-4-11-10(7-9)13(18)16-12(15-11)8-1-2-8/h3-4,7-8,14,17H,1-2,5-6H2,(H,15,16,18). The van der Waals surface area contributed by atoms with Crippen molar-refractivity contribution in [3.63, 3.8) is 0 Å². The van der Waals surface area contributed by atoms with E-state index in [2.05, 4.69) is 15.3 Å². The molecule has 1 aliphatic rings. The maximum Gasteiger partial charge on any atom is 0.222 e. The van der Waals surface area contributed by atoms with Gasteiger partial charge in [-0.1, -0.05) is 0 Å². The second-order valence-electron chi connectivity index (χ2n) is 4.56.